The molecule has 0 unspecified atom stereocenters. The summed E-state index contributed by atoms with van der Waals surface area (Å²) < 4.78 is 55.7. The van der Waals surface area contributed by atoms with E-state index in [-0.39, 0.29) is 22.2 Å². The Labute approximate surface area is 87.0 Å². The Morgan fingerprint density at radius 3 is 2.00 bits per heavy atom. The van der Waals surface area contributed by atoms with Gasteiger partial charge in [0.05, 0.1) is 5.56 Å². The topological polar surface area (TPSA) is 38.9 Å². The van der Waals surface area contributed by atoms with Gasteiger partial charge in [0, 0.05) is 5.56 Å². The summed E-state index contributed by atoms with van der Waals surface area (Å²) in [5, 5.41) is 6.71. The van der Waals surface area contributed by atoms with E-state index in [0.29, 0.717) is 0 Å². The SMILES string of the molecule is Cc1c(F)c(C(F)(F)F)c(C)c2nonc12. The van der Waals surface area contributed by atoms with Crippen LogP contribution in [0.3, 0.4) is 0 Å². The van der Waals surface area contributed by atoms with Gasteiger partial charge in [0.1, 0.15) is 16.9 Å². The predicted octanol–water partition coefficient (Wildman–Crippen LogP) is 3.00. The van der Waals surface area contributed by atoms with Crippen molar-refractivity contribution in [1.82, 2.24) is 10.3 Å². The molecule has 0 aliphatic carbocycles. The fourth-order valence-corrected chi connectivity index (χ4v) is 1.59. The van der Waals surface area contributed by atoms with Gasteiger partial charge in [0.2, 0.25) is 0 Å². The van der Waals surface area contributed by atoms with Crippen molar-refractivity contribution in [2.75, 3.05) is 0 Å². The number of hydrogen-bond acceptors (Lipinski definition) is 3. The monoisotopic (exact) mass is 234 g/mol. The molecule has 0 N–H and O–H groups in total. The molecule has 0 saturated heterocycles. The molecule has 0 aliphatic rings. The van der Waals surface area contributed by atoms with Gasteiger partial charge in [0.15, 0.2) is 0 Å². The lowest BCUT2D eigenvalue weighted by Gasteiger charge is -2.12. The molecule has 0 bridgehead atoms. The van der Waals surface area contributed by atoms with E-state index in [4.69, 9.17) is 0 Å². The highest BCUT2D eigenvalue weighted by Gasteiger charge is 2.38. The van der Waals surface area contributed by atoms with Crippen LogP contribution in [0.5, 0.6) is 0 Å². The second-order valence-corrected chi connectivity index (χ2v) is 3.40. The molecule has 0 spiro atoms. The van der Waals surface area contributed by atoms with E-state index in [1.54, 1.807) is 0 Å². The Bertz CT molecular complexity index is 559. The standard InChI is InChI=1S/C9H6F4N2O/c1-3-5(9(11,12)13)6(10)4(2)8-7(3)14-16-15-8/h1-2H3. The molecule has 0 saturated carbocycles. The zero-order valence-electron chi connectivity index (χ0n) is 8.31. The van der Waals surface area contributed by atoms with E-state index in [9.17, 15) is 17.6 Å². The summed E-state index contributed by atoms with van der Waals surface area (Å²) in [7, 11) is 0. The van der Waals surface area contributed by atoms with Crippen LogP contribution >= 0.6 is 0 Å². The second-order valence-electron chi connectivity index (χ2n) is 3.40. The van der Waals surface area contributed by atoms with Gasteiger partial charge in [-0.1, -0.05) is 0 Å². The van der Waals surface area contributed by atoms with E-state index in [2.05, 4.69) is 14.9 Å². The molecule has 2 aromatic rings. The van der Waals surface area contributed by atoms with Crippen molar-refractivity contribution < 1.29 is 22.2 Å². The summed E-state index contributed by atoms with van der Waals surface area (Å²) in [6.07, 6.45) is -4.76. The first-order valence-corrected chi connectivity index (χ1v) is 4.32. The Morgan fingerprint density at radius 2 is 1.50 bits per heavy atom. The van der Waals surface area contributed by atoms with Gasteiger partial charge in [-0.25, -0.2) is 9.02 Å². The summed E-state index contributed by atoms with van der Waals surface area (Å²) in [5.41, 5.74) is -1.89. The van der Waals surface area contributed by atoms with E-state index < -0.39 is 17.6 Å². The summed E-state index contributed by atoms with van der Waals surface area (Å²) in [4.78, 5) is 0. The molecule has 0 amide bonds. The summed E-state index contributed by atoms with van der Waals surface area (Å²) in [6, 6.07) is 0. The van der Waals surface area contributed by atoms with Crippen LogP contribution in [0.2, 0.25) is 0 Å². The van der Waals surface area contributed by atoms with Crippen LogP contribution in [-0.4, -0.2) is 10.3 Å². The van der Waals surface area contributed by atoms with Gasteiger partial charge >= 0.3 is 6.18 Å². The third-order valence-electron chi connectivity index (χ3n) is 2.41. The molecule has 1 aromatic heterocycles. The van der Waals surface area contributed by atoms with Gasteiger partial charge in [-0.05, 0) is 29.7 Å². The lowest BCUT2D eigenvalue weighted by Crippen LogP contribution is -2.12. The number of aryl methyl sites for hydroxylation is 2. The minimum Gasteiger partial charge on any atom is -0.243 e. The summed E-state index contributed by atoms with van der Waals surface area (Å²) in [5.74, 6) is -1.33. The number of halogens is 4. The highest BCUT2D eigenvalue weighted by atomic mass is 19.4. The first-order chi connectivity index (χ1) is 7.34. The van der Waals surface area contributed by atoms with Crippen LogP contribution in [0.25, 0.3) is 11.0 Å². The van der Waals surface area contributed by atoms with E-state index in [0.717, 1.165) is 6.92 Å². The Hall–Kier alpha value is -1.66. The first-order valence-electron chi connectivity index (χ1n) is 4.32. The second kappa shape index (κ2) is 3.16. The lowest BCUT2D eigenvalue weighted by atomic mass is 10.0. The molecule has 0 fully saturated rings. The van der Waals surface area contributed by atoms with Crippen molar-refractivity contribution in [2.45, 2.75) is 20.0 Å². The number of aromatic nitrogens is 2. The Balaban J connectivity index is 2.94. The highest BCUT2D eigenvalue weighted by molar-refractivity contribution is 5.82. The fraction of sp³-hybridized carbons (Fsp3) is 0.333. The third-order valence-corrected chi connectivity index (χ3v) is 2.41. The third kappa shape index (κ3) is 1.35. The van der Waals surface area contributed by atoms with Crippen LogP contribution in [0.15, 0.2) is 4.63 Å². The number of fused-ring (bicyclic) bond motifs is 1. The Morgan fingerprint density at radius 1 is 1.00 bits per heavy atom. The van der Waals surface area contributed by atoms with Crippen LogP contribution < -0.4 is 0 Å². The van der Waals surface area contributed by atoms with Gasteiger partial charge in [-0.15, -0.1) is 0 Å². The lowest BCUT2D eigenvalue weighted by molar-refractivity contribution is -0.140. The maximum atomic E-state index is 13.5. The van der Waals surface area contributed by atoms with Crippen molar-refractivity contribution in [3.63, 3.8) is 0 Å². The van der Waals surface area contributed by atoms with Gasteiger partial charge in [-0.3, -0.25) is 0 Å². The van der Waals surface area contributed by atoms with Gasteiger partial charge in [0.25, 0.3) is 0 Å². The Kier molecular flexibility index (Phi) is 2.14. The molecule has 3 nitrogen and oxygen atoms in total. The first kappa shape index (κ1) is 10.8. The van der Waals surface area contributed by atoms with Crippen LogP contribution in [-0.2, 0) is 6.18 Å². The highest BCUT2D eigenvalue weighted by Crippen LogP contribution is 2.38. The minimum atomic E-state index is -4.76. The number of alkyl halides is 3. The van der Waals surface area contributed by atoms with Crippen molar-refractivity contribution in [1.29, 1.82) is 0 Å². The quantitative estimate of drug-likeness (QED) is 0.657. The minimum absolute atomic E-state index is 0.0167. The normalized spacial score (nSPS) is 12.4. The molecule has 0 radical (unpaired) electrons. The molecule has 0 aliphatic heterocycles. The molecular formula is C9H6F4N2O. The summed E-state index contributed by atoms with van der Waals surface area (Å²) >= 11 is 0. The number of benzene rings is 1. The summed E-state index contributed by atoms with van der Waals surface area (Å²) in [6.45, 7) is 2.34. The number of nitrogens with zero attached hydrogens (tertiary/aromatic N) is 2. The van der Waals surface area contributed by atoms with Crippen molar-refractivity contribution in [3.05, 3.63) is 22.5 Å². The van der Waals surface area contributed by atoms with Crippen molar-refractivity contribution in [2.24, 2.45) is 0 Å². The smallest absolute Gasteiger partial charge is 0.243 e. The van der Waals surface area contributed by atoms with Crippen molar-refractivity contribution in [3.8, 4) is 0 Å². The van der Waals surface area contributed by atoms with Crippen molar-refractivity contribution >= 4 is 11.0 Å². The van der Waals surface area contributed by atoms with Gasteiger partial charge < -0.3 is 0 Å². The number of rotatable bonds is 0. The average Bonchev–Trinajstić information content (AvgIpc) is 2.61. The molecule has 2 rings (SSSR count). The molecular weight excluding hydrogens is 228 g/mol. The van der Waals surface area contributed by atoms with Crippen LogP contribution in [0.1, 0.15) is 16.7 Å². The number of hydrogen-bond donors (Lipinski definition) is 0. The van der Waals surface area contributed by atoms with Crippen LogP contribution in [0.4, 0.5) is 17.6 Å². The fourth-order valence-electron chi connectivity index (χ4n) is 1.59. The molecule has 86 valence electrons. The van der Waals surface area contributed by atoms with Crippen LogP contribution in [0, 0.1) is 19.7 Å². The van der Waals surface area contributed by atoms with E-state index >= 15 is 0 Å². The molecule has 0 atom stereocenters. The zero-order valence-corrected chi connectivity index (χ0v) is 8.31. The predicted molar refractivity (Wildman–Crippen MR) is 46.2 cm³/mol. The molecule has 1 aromatic carbocycles. The van der Waals surface area contributed by atoms with E-state index in [1.807, 2.05) is 0 Å². The zero-order chi connectivity index (χ0) is 12.1. The maximum Gasteiger partial charge on any atom is 0.419 e. The molecule has 7 heteroatoms. The van der Waals surface area contributed by atoms with E-state index in [1.165, 1.54) is 6.92 Å². The largest absolute Gasteiger partial charge is 0.419 e. The molecule has 1 heterocycles. The maximum absolute atomic E-state index is 13.5. The molecule has 16 heavy (non-hydrogen) atoms. The average molecular weight is 234 g/mol. The van der Waals surface area contributed by atoms with Gasteiger partial charge in [-0.2, -0.15) is 13.2 Å².